The minimum atomic E-state index is -4.42. The molecule has 0 radical (unpaired) electrons. The van der Waals surface area contributed by atoms with Gasteiger partial charge in [0.05, 0.1) is 24.0 Å². The zero-order chi connectivity index (χ0) is 16.9. The maximum Gasteiger partial charge on any atom is 0.449 e. The van der Waals surface area contributed by atoms with E-state index >= 15 is 0 Å². The van der Waals surface area contributed by atoms with Gasteiger partial charge in [-0.2, -0.15) is 13.2 Å². The molecule has 0 atom stereocenters. The van der Waals surface area contributed by atoms with Crippen molar-refractivity contribution in [3.8, 4) is 0 Å². The molecule has 3 heterocycles. The summed E-state index contributed by atoms with van der Waals surface area (Å²) in [5, 5.41) is 1.01. The van der Waals surface area contributed by atoms with E-state index in [2.05, 4.69) is 14.9 Å². The molecule has 24 heavy (non-hydrogen) atoms. The predicted molar refractivity (Wildman–Crippen MR) is 84.8 cm³/mol. The third kappa shape index (κ3) is 2.40. The monoisotopic (exact) mass is 332 g/mol. The SMILES string of the molecule is Cc1ccc2c(N3CCn4c(cnc4C(F)(F)F)C3)ccnc2c1. The molecular formula is C17H15F3N4. The molecule has 4 nitrogen and oxygen atoms in total. The first-order valence-electron chi connectivity index (χ1n) is 7.65. The van der Waals surface area contributed by atoms with E-state index in [0.717, 1.165) is 22.2 Å². The smallest absolute Gasteiger partial charge is 0.363 e. The van der Waals surface area contributed by atoms with Crippen LogP contribution in [0.15, 0.2) is 36.7 Å². The first kappa shape index (κ1) is 15.0. The van der Waals surface area contributed by atoms with Gasteiger partial charge < -0.3 is 9.47 Å². The van der Waals surface area contributed by atoms with Crippen LogP contribution in [-0.4, -0.2) is 21.1 Å². The number of benzene rings is 1. The molecule has 0 unspecified atom stereocenters. The lowest BCUT2D eigenvalue weighted by Crippen LogP contribution is -2.35. The molecule has 2 aromatic heterocycles. The fourth-order valence-electron chi connectivity index (χ4n) is 3.23. The van der Waals surface area contributed by atoms with E-state index in [0.29, 0.717) is 18.8 Å². The Morgan fingerprint density at radius 2 is 1.92 bits per heavy atom. The lowest BCUT2D eigenvalue weighted by molar-refractivity contribution is -0.147. The van der Waals surface area contributed by atoms with Crippen LogP contribution in [0.1, 0.15) is 17.1 Å². The van der Waals surface area contributed by atoms with Gasteiger partial charge in [-0.1, -0.05) is 12.1 Å². The number of alkyl halides is 3. The molecule has 0 bridgehead atoms. The third-order valence-corrected chi connectivity index (χ3v) is 4.35. The predicted octanol–water partition coefficient (Wildman–Crippen LogP) is 3.78. The van der Waals surface area contributed by atoms with Gasteiger partial charge in [-0.25, -0.2) is 4.98 Å². The molecule has 3 aromatic rings. The van der Waals surface area contributed by atoms with Crippen LogP contribution in [0.2, 0.25) is 0 Å². The van der Waals surface area contributed by atoms with E-state index in [1.54, 1.807) is 6.20 Å². The maximum absolute atomic E-state index is 13.0. The van der Waals surface area contributed by atoms with Crippen LogP contribution in [0, 0.1) is 6.92 Å². The third-order valence-electron chi connectivity index (χ3n) is 4.35. The zero-order valence-corrected chi connectivity index (χ0v) is 13.0. The molecule has 124 valence electrons. The number of pyridine rings is 1. The van der Waals surface area contributed by atoms with Gasteiger partial charge >= 0.3 is 6.18 Å². The summed E-state index contributed by atoms with van der Waals surface area (Å²) in [5.74, 6) is -0.813. The number of aromatic nitrogens is 3. The Bertz CT molecular complexity index is 914. The highest BCUT2D eigenvalue weighted by molar-refractivity contribution is 5.91. The van der Waals surface area contributed by atoms with Crippen LogP contribution in [0.3, 0.4) is 0 Å². The van der Waals surface area contributed by atoms with Crippen LogP contribution in [0.25, 0.3) is 10.9 Å². The fraction of sp³-hybridized carbons (Fsp3) is 0.294. The van der Waals surface area contributed by atoms with Gasteiger partial charge in [0, 0.05) is 30.4 Å². The molecule has 0 saturated heterocycles. The number of aryl methyl sites for hydroxylation is 1. The van der Waals surface area contributed by atoms with E-state index in [4.69, 9.17) is 0 Å². The molecule has 0 spiro atoms. The van der Waals surface area contributed by atoms with Crippen LogP contribution >= 0.6 is 0 Å². The van der Waals surface area contributed by atoms with Crippen molar-refractivity contribution in [3.05, 3.63) is 53.7 Å². The molecule has 1 aromatic carbocycles. The number of hydrogen-bond donors (Lipinski definition) is 0. The summed E-state index contributed by atoms with van der Waals surface area (Å²) in [4.78, 5) is 10.0. The molecule has 0 aliphatic carbocycles. The summed E-state index contributed by atoms with van der Waals surface area (Å²) in [5.41, 5.74) is 3.58. The van der Waals surface area contributed by atoms with E-state index in [9.17, 15) is 13.2 Å². The van der Waals surface area contributed by atoms with Gasteiger partial charge in [0.1, 0.15) is 0 Å². The van der Waals surface area contributed by atoms with Crippen molar-refractivity contribution in [1.29, 1.82) is 0 Å². The largest absolute Gasteiger partial charge is 0.449 e. The first-order valence-corrected chi connectivity index (χ1v) is 7.65. The maximum atomic E-state index is 13.0. The average Bonchev–Trinajstić information content (AvgIpc) is 2.97. The van der Waals surface area contributed by atoms with Gasteiger partial charge in [-0.05, 0) is 24.6 Å². The minimum absolute atomic E-state index is 0.264. The Kier molecular flexibility index (Phi) is 3.26. The van der Waals surface area contributed by atoms with E-state index in [1.807, 2.05) is 31.2 Å². The summed E-state index contributed by atoms with van der Waals surface area (Å²) in [6.45, 7) is 3.17. The van der Waals surface area contributed by atoms with Crippen LogP contribution in [-0.2, 0) is 19.3 Å². The number of rotatable bonds is 1. The number of fused-ring (bicyclic) bond motifs is 2. The molecule has 0 saturated carbocycles. The summed E-state index contributed by atoms with van der Waals surface area (Å²) in [6.07, 6.45) is -1.35. The average molecular weight is 332 g/mol. The number of halogens is 3. The Morgan fingerprint density at radius 3 is 2.71 bits per heavy atom. The highest BCUT2D eigenvalue weighted by atomic mass is 19.4. The second kappa shape index (κ2) is 5.22. The topological polar surface area (TPSA) is 34.0 Å². The summed E-state index contributed by atoms with van der Waals surface area (Å²) in [7, 11) is 0. The molecule has 1 aliphatic heterocycles. The van der Waals surface area contributed by atoms with Crippen molar-refractivity contribution in [1.82, 2.24) is 14.5 Å². The number of nitrogens with zero attached hydrogens (tertiary/aromatic N) is 4. The van der Waals surface area contributed by atoms with Crippen LogP contribution in [0.5, 0.6) is 0 Å². The van der Waals surface area contributed by atoms with Crippen LogP contribution in [0.4, 0.5) is 18.9 Å². The highest BCUT2D eigenvalue weighted by Gasteiger charge is 2.38. The van der Waals surface area contributed by atoms with E-state index in [1.165, 1.54) is 10.8 Å². The minimum Gasteiger partial charge on any atom is -0.363 e. The van der Waals surface area contributed by atoms with Gasteiger partial charge in [0.25, 0.3) is 0 Å². The van der Waals surface area contributed by atoms with Crippen molar-refractivity contribution in [2.45, 2.75) is 26.2 Å². The van der Waals surface area contributed by atoms with Gasteiger partial charge in [-0.15, -0.1) is 0 Å². The van der Waals surface area contributed by atoms with Crippen molar-refractivity contribution in [2.24, 2.45) is 0 Å². The molecule has 0 fully saturated rings. The molecule has 1 aliphatic rings. The lowest BCUT2D eigenvalue weighted by Gasteiger charge is -2.31. The Balaban J connectivity index is 1.72. The standard InChI is InChI=1S/C17H15F3N4/c1-11-2-3-13-14(8-11)21-5-4-15(13)23-6-7-24-12(10-23)9-22-16(24)17(18,19)20/h2-5,8-9H,6-7,10H2,1H3. The summed E-state index contributed by atoms with van der Waals surface area (Å²) < 4.78 is 40.2. The van der Waals surface area contributed by atoms with Crippen molar-refractivity contribution in [3.63, 3.8) is 0 Å². The number of imidazole rings is 1. The zero-order valence-electron chi connectivity index (χ0n) is 13.0. The molecule has 0 amide bonds. The highest BCUT2D eigenvalue weighted by Crippen LogP contribution is 2.33. The van der Waals surface area contributed by atoms with E-state index in [-0.39, 0.29) is 6.54 Å². The van der Waals surface area contributed by atoms with Crippen molar-refractivity contribution in [2.75, 3.05) is 11.4 Å². The molecule has 4 rings (SSSR count). The molecule has 7 heteroatoms. The fourth-order valence-corrected chi connectivity index (χ4v) is 3.23. The van der Waals surface area contributed by atoms with Crippen molar-refractivity contribution >= 4 is 16.6 Å². The second-order valence-electron chi connectivity index (χ2n) is 5.99. The van der Waals surface area contributed by atoms with Gasteiger partial charge in [0.15, 0.2) is 0 Å². The lowest BCUT2D eigenvalue weighted by atomic mass is 10.1. The van der Waals surface area contributed by atoms with Gasteiger partial charge in [0.2, 0.25) is 5.82 Å². The first-order chi connectivity index (χ1) is 11.4. The molecule has 0 N–H and O–H groups in total. The molecular weight excluding hydrogens is 317 g/mol. The van der Waals surface area contributed by atoms with Crippen molar-refractivity contribution < 1.29 is 13.2 Å². The quantitative estimate of drug-likeness (QED) is 0.680. The Morgan fingerprint density at radius 1 is 1.08 bits per heavy atom. The summed E-state index contributed by atoms with van der Waals surface area (Å²) >= 11 is 0. The number of hydrogen-bond acceptors (Lipinski definition) is 3. The van der Waals surface area contributed by atoms with Gasteiger partial charge in [-0.3, -0.25) is 4.98 Å². The number of anilines is 1. The van der Waals surface area contributed by atoms with Crippen LogP contribution < -0.4 is 4.90 Å². The Hall–Kier alpha value is -2.57. The normalized spacial score (nSPS) is 14.9. The summed E-state index contributed by atoms with van der Waals surface area (Å²) in [6, 6.07) is 7.95. The Labute approximate surface area is 136 Å². The second-order valence-corrected chi connectivity index (χ2v) is 5.99. The van der Waals surface area contributed by atoms with E-state index < -0.39 is 12.0 Å².